The van der Waals surface area contributed by atoms with E-state index in [1.807, 2.05) is 24.3 Å². The molecule has 1 aliphatic heterocycles. The second kappa shape index (κ2) is 6.01. The lowest BCUT2D eigenvalue weighted by molar-refractivity contribution is 0.274. The fourth-order valence-electron chi connectivity index (χ4n) is 2.99. The first-order valence-electron chi connectivity index (χ1n) is 7.48. The summed E-state index contributed by atoms with van der Waals surface area (Å²) in [7, 11) is 1.67. The Morgan fingerprint density at radius 1 is 1.27 bits per heavy atom. The molecule has 1 aromatic carbocycles. The summed E-state index contributed by atoms with van der Waals surface area (Å²) in [5.74, 6) is 0.823. The third kappa shape index (κ3) is 2.68. The molecule has 2 heterocycles. The number of hydrogen-bond acceptors (Lipinski definition) is 2. The number of thiocarbonyl (C=S) groups is 1. The van der Waals surface area contributed by atoms with Gasteiger partial charge in [0, 0.05) is 36.2 Å². The minimum Gasteiger partial charge on any atom is -0.497 e. The molecule has 0 aliphatic carbocycles. The average molecular weight is 315 g/mol. The Bertz CT molecular complexity index is 695. The minimum absolute atomic E-state index is 0.271. The number of aryl methyl sites for hydroxylation is 1. The number of nitrogens with one attached hydrogen (secondary N) is 1. The zero-order chi connectivity index (χ0) is 15.7. The van der Waals surface area contributed by atoms with Gasteiger partial charge in [-0.05, 0) is 50.3 Å². The summed E-state index contributed by atoms with van der Waals surface area (Å²) in [4.78, 5) is 2.24. The van der Waals surface area contributed by atoms with E-state index >= 15 is 0 Å². The molecule has 3 rings (SSSR count). The van der Waals surface area contributed by atoms with Crippen LogP contribution in [0.4, 0.5) is 5.69 Å². The normalized spacial score (nSPS) is 17.0. The van der Waals surface area contributed by atoms with Gasteiger partial charge in [0.2, 0.25) is 0 Å². The van der Waals surface area contributed by atoms with Gasteiger partial charge in [0.05, 0.1) is 13.2 Å². The predicted molar refractivity (Wildman–Crippen MR) is 93.5 cm³/mol. The van der Waals surface area contributed by atoms with Gasteiger partial charge in [-0.2, -0.15) is 0 Å². The van der Waals surface area contributed by atoms with E-state index in [1.165, 1.54) is 11.4 Å². The number of anilines is 1. The summed E-state index contributed by atoms with van der Waals surface area (Å²) in [5, 5.41) is 4.08. The monoisotopic (exact) mass is 315 g/mol. The van der Waals surface area contributed by atoms with Gasteiger partial charge in [0.25, 0.3) is 0 Å². The van der Waals surface area contributed by atoms with Crippen LogP contribution in [0.3, 0.4) is 0 Å². The molecule has 1 N–H and O–H groups in total. The Morgan fingerprint density at radius 2 is 2.09 bits per heavy atom. The molecule has 1 aliphatic rings. The summed E-state index contributed by atoms with van der Waals surface area (Å²) in [6.45, 7) is 6.24. The standard InChI is InChI=1S/C17H21N3OS/c1-12-7-8-16-13(2)20(10-9-19(12)16)17(22)18-14-5-4-6-15(11-14)21-3/h4-8,11,13H,9-10H2,1-3H3,(H,18,22)/t13-/m0/s1. The van der Waals surface area contributed by atoms with Crippen LogP contribution in [-0.2, 0) is 6.54 Å². The van der Waals surface area contributed by atoms with Crippen molar-refractivity contribution in [3.8, 4) is 5.75 Å². The average Bonchev–Trinajstić information content (AvgIpc) is 2.90. The molecule has 0 bridgehead atoms. The molecule has 22 heavy (non-hydrogen) atoms. The number of nitrogens with zero attached hydrogens (tertiary/aromatic N) is 2. The molecule has 5 heteroatoms. The van der Waals surface area contributed by atoms with E-state index < -0.39 is 0 Å². The Balaban J connectivity index is 1.75. The fourth-order valence-corrected chi connectivity index (χ4v) is 3.36. The number of methoxy groups -OCH3 is 1. The van der Waals surface area contributed by atoms with Gasteiger partial charge in [-0.25, -0.2) is 0 Å². The number of hydrogen-bond donors (Lipinski definition) is 1. The van der Waals surface area contributed by atoms with E-state index in [4.69, 9.17) is 17.0 Å². The van der Waals surface area contributed by atoms with Crippen molar-refractivity contribution in [2.45, 2.75) is 26.4 Å². The molecular weight excluding hydrogens is 294 g/mol. The van der Waals surface area contributed by atoms with Gasteiger partial charge in [0.1, 0.15) is 5.75 Å². The molecule has 4 nitrogen and oxygen atoms in total. The van der Waals surface area contributed by atoms with Crippen molar-refractivity contribution in [2.75, 3.05) is 19.0 Å². The Labute approximate surface area is 136 Å². The maximum absolute atomic E-state index is 5.61. The number of fused-ring (bicyclic) bond motifs is 1. The Hall–Kier alpha value is -2.01. The van der Waals surface area contributed by atoms with Crippen LogP contribution in [0.1, 0.15) is 24.4 Å². The van der Waals surface area contributed by atoms with E-state index in [2.05, 4.69) is 40.8 Å². The van der Waals surface area contributed by atoms with Crippen LogP contribution in [0, 0.1) is 6.92 Å². The SMILES string of the molecule is COc1cccc(NC(=S)N2CCn3c(C)ccc3[C@@H]2C)c1. The quantitative estimate of drug-likeness (QED) is 0.858. The second-order valence-electron chi connectivity index (χ2n) is 5.58. The summed E-state index contributed by atoms with van der Waals surface area (Å²) >= 11 is 5.61. The van der Waals surface area contributed by atoms with E-state index in [0.717, 1.165) is 29.6 Å². The van der Waals surface area contributed by atoms with E-state index in [0.29, 0.717) is 0 Å². The molecule has 0 saturated carbocycles. The summed E-state index contributed by atoms with van der Waals surface area (Å²) in [6, 6.07) is 12.5. The van der Waals surface area contributed by atoms with Crippen molar-refractivity contribution in [2.24, 2.45) is 0 Å². The third-order valence-electron chi connectivity index (χ3n) is 4.27. The molecule has 0 unspecified atom stereocenters. The molecular formula is C17H21N3OS. The summed E-state index contributed by atoms with van der Waals surface area (Å²) in [6.07, 6.45) is 0. The lowest BCUT2D eigenvalue weighted by Gasteiger charge is -2.37. The second-order valence-corrected chi connectivity index (χ2v) is 5.97. The van der Waals surface area contributed by atoms with Crippen molar-refractivity contribution >= 4 is 23.0 Å². The van der Waals surface area contributed by atoms with Gasteiger partial charge in [-0.15, -0.1) is 0 Å². The van der Waals surface area contributed by atoms with Gasteiger partial charge in [0.15, 0.2) is 5.11 Å². The van der Waals surface area contributed by atoms with Crippen LogP contribution >= 0.6 is 12.2 Å². The van der Waals surface area contributed by atoms with E-state index in [-0.39, 0.29) is 6.04 Å². The molecule has 0 saturated heterocycles. The molecule has 0 spiro atoms. The first-order chi connectivity index (χ1) is 10.6. The minimum atomic E-state index is 0.271. The molecule has 0 amide bonds. The molecule has 0 fully saturated rings. The lowest BCUT2D eigenvalue weighted by Crippen LogP contribution is -2.43. The number of benzene rings is 1. The predicted octanol–water partition coefficient (Wildman–Crippen LogP) is 3.58. The van der Waals surface area contributed by atoms with E-state index in [9.17, 15) is 0 Å². The number of aromatic nitrogens is 1. The topological polar surface area (TPSA) is 29.4 Å². The van der Waals surface area contributed by atoms with Crippen molar-refractivity contribution in [1.82, 2.24) is 9.47 Å². The zero-order valence-corrected chi connectivity index (χ0v) is 14.0. The molecule has 1 aromatic heterocycles. The highest BCUT2D eigenvalue weighted by Gasteiger charge is 2.26. The Morgan fingerprint density at radius 3 is 2.86 bits per heavy atom. The first-order valence-corrected chi connectivity index (χ1v) is 7.88. The number of rotatable bonds is 2. The number of ether oxygens (including phenoxy) is 1. The lowest BCUT2D eigenvalue weighted by atomic mass is 10.1. The van der Waals surface area contributed by atoms with Crippen LogP contribution in [0.25, 0.3) is 0 Å². The summed E-state index contributed by atoms with van der Waals surface area (Å²) in [5.41, 5.74) is 3.58. The van der Waals surface area contributed by atoms with E-state index in [1.54, 1.807) is 7.11 Å². The van der Waals surface area contributed by atoms with Gasteiger partial charge < -0.3 is 19.5 Å². The van der Waals surface area contributed by atoms with Crippen molar-refractivity contribution in [1.29, 1.82) is 0 Å². The van der Waals surface area contributed by atoms with Gasteiger partial charge in [-0.1, -0.05) is 6.07 Å². The van der Waals surface area contributed by atoms with Crippen molar-refractivity contribution in [3.05, 3.63) is 47.8 Å². The first kappa shape index (κ1) is 14.9. The van der Waals surface area contributed by atoms with Crippen LogP contribution in [0.15, 0.2) is 36.4 Å². The summed E-state index contributed by atoms with van der Waals surface area (Å²) < 4.78 is 7.62. The highest BCUT2D eigenvalue weighted by atomic mass is 32.1. The molecule has 116 valence electrons. The van der Waals surface area contributed by atoms with Crippen LogP contribution in [0.5, 0.6) is 5.75 Å². The largest absolute Gasteiger partial charge is 0.497 e. The third-order valence-corrected chi connectivity index (χ3v) is 4.61. The maximum Gasteiger partial charge on any atom is 0.174 e. The van der Waals surface area contributed by atoms with Gasteiger partial charge in [-0.3, -0.25) is 0 Å². The molecule has 0 radical (unpaired) electrons. The fraction of sp³-hybridized carbons (Fsp3) is 0.353. The Kier molecular flexibility index (Phi) is 4.07. The van der Waals surface area contributed by atoms with Crippen molar-refractivity contribution < 1.29 is 4.74 Å². The van der Waals surface area contributed by atoms with Crippen molar-refractivity contribution in [3.63, 3.8) is 0 Å². The maximum atomic E-state index is 5.61. The van der Waals surface area contributed by atoms with Crippen LogP contribution in [0.2, 0.25) is 0 Å². The zero-order valence-electron chi connectivity index (χ0n) is 13.2. The van der Waals surface area contributed by atoms with Crippen LogP contribution < -0.4 is 10.1 Å². The van der Waals surface area contributed by atoms with Crippen LogP contribution in [-0.4, -0.2) is 28.2 Å². The smallest absolute Gasteiger partial charge is 0.174 e. The van der Waals surface area contributed by atoms with Gasteiger partial charge >= 0.3 is 0 Å². The molecule has 2 aromatic rings. The highest BCUT2D eigenvalue weighted by Crippen LogP contribution is 2.28. The molecule has 1 atom stereocenters. The highest BCUT2D eigenvalue weighted by molar-refractivity contribution is 7.80.